The summed E-state index contributed by atoms with van der Waals surface area (Å²) in [5.74, 6) is -1.16. The third-order valence-electron chi connectivity index (χ3n) is 2.96. The first-order valence-electron chi connectivity index (χ1n) is 5.55. The van der Waals surface area contributed by atoms with Crippen molar-refractivity contribution in [1.29, 1.82) is 0 Å². The molecule has 0 bridgehead atoms. The molecule has 0 saturated carbocycles. The second kappa shape index (κ2) is 5.84. The molecule has 1 fully saturated rings. The van der Waals surface area contributed by atoms with Gasteiger partial charge in [-0.1, -0.05) is 0 Å². The van der Waals surface area contributed by atoms with E-state index in [0.29, 0.717) is 26.2 Å². The molecule has 1 rings (SSSR count). The maximum atomic E-state index is 12.4. The van der Waals surface area contributed by atoms with Gasteiger partial charge in [0.2, 0.25) is 0 Å². The van der Waals surface area contributed by atoms with Crippen molar-refractivity contribution in [3.63, 3.8) is 0 Å². The van der Waals surface area contributed by atoms with Gasteiger partial charge in [0.15, 0.2) is 0 Å². The van der Waals surface area contributed by atoms with Crippen LogP contribution in [0.4, 0.5) is 13.2 Å². The van der Waals surface area contributed by atoms with Crippen LogP contribution in [0.1, 0.15) is 12.8 Å². The molecule has 0 aliphatic carbocycles. The molecule has 0 amide bonds. The molecule has 1 aliphatic rings. The number of halogens is 3. The summed E-state index contributed by atoms with van der Waals surface area (Å²) in [6, 6.07) is 0. The maximum absolute atomic E-state index is 12.4. The van der Waals surface area contributed by atoms with Crippen LogP contribution in [0.2, 0.25) is 0 Å². The number of likely N-dealkylation sites (tertiary alicyclic amines) is 1. The molecule has 1 heterocycles. The van der Waals surface area contributed by atoms with E-state index in [1.54, 1.807) is 7.05 Å². The highest BCUT2D eigenvalue weighted by molar-refractivity contribution is 4.78. The van der Waals surface area contributed by atoms with E-state index in [1.165, 1.54) is 0 Å². The van der Waals surface area contributed by atoms with Gasteiger partial charge in [-0.2, -0.15) is 13.2 Å². The van der Waals surface area contributed by atoms with Crippen molar-refractivity contribution in [2.45, 2.75) is 25.1 Å². The van der Waals surface area contributed by atoms with E-state index in [9.17, 15) is 18.3 Å². The number of alkyl halides is 3. The molecule has 6 heteroatoms. The summed E-state index contributed by atoms with van der Waals surface area (Å²) < 4.78 is 37.1. The number of hydrogen-bond donors (Lipinski definition) is 2. The quantitative estimate of drug-likeness (QED) is 0.764. The van der Waals surface area contributed by atoms with Crippen LogP contribution < -0.4 is 5.32 Å². The number of likely N-dealkylation sites (N-methyl/N-ethyl adjacent to an activating group) is 1. The van der Waals surface area contributed by atoms with Gasteiger partial charge in [-0.15, -0.1) is 0 Å². The SMILES string of the molecule is CNCC(O)CN1CCC(C(F)(F)F)CC1. The van der Waals surface area contributed by atoms with Crippen LogP contribution in [0.3, 0.4) is 0 Å². The summed E-state index contributed by atoms with van der Waals surface area (Å²) in [4.78, 5) is 1.89. The molecule has 0 aromatic rings. The van der Waals surface area contributed by atoms with Crippen molar-refractivity contribution >= 4 is 0 Å². The van der Waals surface area contributed by atoms with Crippen LogP contribution in [0.15, 0.2) is 0 Å². The summed E-state index contributed by atoms with van der Waals surface area (Å²) in [6.45, 7) is 1.76. The van der Waals surface area contributed by atoms with E-state index in [-0.39, 0.29) is 12.8 Å². The third kappa shape index (κ3) is 4.27. The molecule has 0 aromatic heterocycles. The van der Waals surface area contributed by atoms with Crippen molar-refractivity contribution in [3.8, 4) is 0 Å². The average Bonchev–Trinajstić information content (AvgIpc) is 2.17. The standard InChI is InChI=1S/C10H19F3N2O/c1-14-6-9(16)7-15-4-2-8(3-5-15)10(11,12)13/h8-9,14,16H,2-7H2,1H3. The zero-order valence-corrected chi connectivity index (χ0v) is 9.43. The van der Waals surface area contributed by atoms with Crippen molar-refractivity contribution in [2.75, 3.05) is 33.2 Å². The Balaban J connectivity index is 2.27. The first kappa shape index (κ1) is 13.7. The molecule has 3 nitrogen and oxygen atoms in total. The maximum Gasteiger partial charge on any atom is 0.391 e. The minimum atomic E-state index is -4.06. The lowest BCUT2D eigenvalue weighted by Crippen LogP contribution is -2.44. The van der Waals surface area contributed by atoms with Gasteiger partial charge >= 0.3 is 6.18 Å². The van der Waals surface area contributed by atoms with Crippen LogP contribution in [0.25, 0.3) is 0 Å². The van der Waals surface area contributed by atoms with Crippen molar-refractivity contribution in [2.24, 2.45) is 5.92 Å². The highest BCUT2D eigenvalue weighted by Gasteiger charge is 2.41. The lowest BCUT2D eigenvalue weighted by molar-refractivity contribution is -0.185. The second-order valence-corrected chi connectivity index (χ2v) is 4.33. The van der Waals surface area contributed by atoms with Crippen molar-refractivity contribution in [3.05, 3.63) is 0 Å². The summed E-state index contributed by atoms with van der Waals surface area (Å²) in [5, 5.41) is 12.3. The molecular formula is C10H19F3N2O. The molecule has 0 radical (unpaired) electrons. The van der Waals surface area contributed by atoms with Crippen LogP contribution in [0, 0.1) is 5.92 Å². The minimum Gasteiger partial charge on any atom is -0.390 e. The van der Waals surface area contributed by atoms with Crippen LogP contribution in [-0.2, 0) is 0 Å². The van der Waals surface area contributed by atoms with Gasteiger partial charge in [0.25, 0.3) is 0 Å². The summed E-state index contributed by atoms with van der Waals surface area (Å²) in [7, 11) is 1.74. The Morgan fingerprint density at radius 2 is 1.94 bits per heavy atom. The van der Waals surface area contributed by atoms with Gasteiger partial charge in [0.05, 0.1) is 12.0 Å². The zero-order valence-electron chi connectivity index (χ0n) is 9.43. The molecule has 2 N–H and O–H groups in total. The van der Waals surface area contributed by atoms with Crippen LogP contribution >= 0.6 is 0 Å². The Morgan fingerprint density at radius 1 is 1.38 bits per heavy atom. The molecule has 1 atom stereocenters. The normalized spacial score (nSPS) is 22.3. The largest absolute Gasteiger partial charge is 0.391 e. The predicted octanol–water partition coefficient (Wildman–Crippen LogP) is 0.841. The van der Waals surface area contributed by atoms with Crippen molar-refractivity contribution < 1.29 is 18.3 Å². The van der Waals surface area contributed by atoms with Gasteiger partial charge in [-0.3, -0.25) is 0 Å². The molecule has 0 aromatic carbocycles. The molecule has 96 valence electrons. The van der Waals surface area contributed by atoms with E-state index in [1.807, 2.05) is 4.90 Å². The first-order chi connectivity index (χ1) is 7.43. The summed E-state index contributed by atoms with van der Waals surface area (Å²) >= 11 is 0. The number of β-amino-alcohol motifs (C(OH)–C–C–N with tert-alkyl or cyclic N) is 1. The first-order valence-corrected chi connectivity index (χ1v) is 5.55. The smallest absolute Gasteiger partial charge is 0.390 e. The zero-order chi connectivity index (χ0) is 12.2. The molecule has 1 unspecified atom stereocenters. The van der Waals surface area contributed by atoms with Gasteiger partial charge in [0.1, 0.15) is 0 Å². The number of nitrogens with one attached hydrogen (secondary N) is 1. The Kier molecular flexibility index (Phi) is 5.01. The Bertz CT molecular complexity index is 203. The fourth-order valence-corrected chi connectivity index (χ4v) is 2.04. The number of aliphatic hydroxyl groups excluding tert-OH is 1. The van der Waals surface area contributed by atoms with Gasteiger partial charge in [-0.25, -0.2) is 0 Å². The van der Waals surface area contributed by atoms with Gasteiger partial charge in [-0.05, 0) is 33.0 Å². The molecule has 1 aliphatic heterocycles. The Morgan fingerprint density at radius 3 is 2.38 bits per heavy atom. The number of rotatable bonds is 4. The summed E-state index contributed by atoms with van der Waals surface area (Å²) in [6.07, 6.45) is -4.27. The number of piperidine rings is 1. The monoisotopic (exact) mass is 240 g/mol. The molecular weight excluding hydrogens is 221 g/mol. The number of aliphatic hydroxyl groups is 1. The molecule has 16 heavy (non-hydrogen) atoms. The summed E-state index contributed by atoms with van der Waals surface area (Å²) in [5.41, 5.74) is 0. The average molecular weight is 240 g/mol. The lowest BCUT2D eigenvalue weighted by atomic mass is 9.96. The second-order valence-electron chi connectivity index (χ2n) is 4.33. The van der Waals surface area contributed by atoms with E-state index in [4.69, 9.17) is 0 Å². The Hall–Kier alpha value is -0.330. The lowest BCUT2D eigenvalue weighted by Gasteiger charge is -2.33. The highest BCUT2D eigenvalue weighted by atomic mass is 19.4. The third-order valence-corrected chi connectivity index (χ3v) is 2.96. The topological polar surface area (TPSA) is 35.5 Å². The highest BCUT2D eigenvalue weighted by Crippen LogP contribution is 2.33. The fourth-order valence-electron chi connectivity index (χ4n) is 2.04. The van der Waals surface area contributed by atoms with E-state index < -0.39 is 18.2 Å². The van der Waals surface area contributed by atoms with Crippen LogP contribution in [0.5, 0.6) is 0 Å². The predicted molar refractivity (Wildman–Crippen MR) is 55.2 cm³/mol. The van der Waals surface area contributed by atoms with Gasteiger partial charge < -0.3 is 15.3 Å². The van der Waals surface area contributed by atoms with E-state index in [0.717, 1.165) is 0 Å². The minimum absolute atomic E-state index is 0.149. The molecule has 0 spiro atoms. The number of nitrogens with zero attached hydrogens (tertiary/aromatic N) is 1. The number of hydrogen-bond acceptors (Lipinski definition) is 3. The van der Waals surface area contributed by atoms with Crippen LogP contribution in [-0.4, -0.2) is 55.5 Å². The van der Waals surface area contributed by atoms with E-state index in [2.05, 4.69) is 5.32 Å². The van der Waals surface area contributed by atoms with E-state index >= 15 is 0 Å². The Labute approximate surface area is 93.6 Å². The van der Waals surface area contributed by atoms with Gasteiger partial charge in [0, 0.05) is 13.1 Å². The fraction of sp³-hybridized carbons (Fsp3) is 1.00. The van der Waals surface area contributed by atoms with Crippen molar-refractivity contribution in [1.82, 2.24) is 10.2 Å². The molecule has 1 saturated heterocycles.